The number of benzene rings is 1. The van der Waals surface area contributed by atoms with E-state index in [0.717, 1.165) is 5.56 Å². The summed E-state index contributed by atoms with van der Waals surface area (Å²) in [7, 11) is -3.91. The van der Waals surface area contributed by atoms with Crippen molar-refractivity contribution in [2.24, 2.45) is 5.14 Å². The second kappa shape index (κ2) is 4.92. The maximum Gasteiger partial charge on any atom is 0.273 e. The zero-order valence-corrected chi connectivity index (χ0v) is 12.0. The van der Waals surface area contributed by atoms with Crippen LogP contribution in [0.1, 0.15) is 12.5 Å². The fourth-order valence-electron chi connectivity index (χ4n) is 1.78. The van der Waals surface area contributed by atoms with Crippen molar-refractivity contribution in [3.8, 4) is 11.4 Å². The molecule has 2 N–H and O–H groups in total. The van der Waals surface area contributed by atoms with Gasteiger partial charge in [-0.3, -0.25) is 4.57 Å². The predicted octanol–water partition coefficient (Wildman–Crippen LogP) is 1.57. The van der Waals surface area contributed by atoms with Crippen molar-refractivity contribution in [3.05, 3.63) is 28.8 Å². The van der Waals surface area contributed by atoms with E-state index in [1.54, 1.807) is 19.1 Å². The summed E-state index contributed by atoms with van der Waals surface area (Å²) < 4.78 is 24.3. The first-order valence-corrected chi connectivity index (χ1v) is 7.49. The van der Waals surface area contributed by atoms with Gasteiger partial charge >= 0.3 is 0 Å². The van der Waals surface area contributed by atoms with Gasteiger partial charge in [0, 0.05) is 12.1 Å². The van der Waals surface area contributed by atoms with E-state index >= 15 is 0 Å². The van der Waals surface area contributed by atoms with E-state index in [1.165, 1.54) is 4.57 Å². The molecule has 0 bridgehead atoms. The molecule has 0 amide bonds. The van der Waals surface area contributed by atoms with Gasteiger partial charge in [0.05, 0.1) is 5.02 Å². The molecule has 2 aromatic rings. The number of nitrogens with two attached hydrogens (primary N) is 1. The molecule has 1 heterocycles. The summed E-state index contributed by atoms with van der Waals surface area (Å²) in [4.78, 5) is 0. The van der Waals surface area contributed by atoms with E-state index in [1.807, 2.05) is 13.0 Å². The van der Waals surface area contributed by atoms with E-state index in [0.29, 0.717) is 23.0 Å². The number of aryl methyl sites for hydroxylation is 1. The first-order valence-electron chi connectivity index (χ1n) is 5.57. The molecule has 0 spiro atoms. The summed E-state index contributed by atoms with van der Waals surface area (Å²) in [6.45, 7) is 4.07. The molecular weight excluding hydrogens is 288 g/mol. The summed E-state index contributed by atoms with van der Waals surface area (Å²) in [5.41, 5.74) is 1.62. The average Bonchev–Trinajstić information content (AvgIpc) is 2.72. The molecule has 102 valence electrons. The Morgan fingerprint density at radius 3 is 2.58 bits per heavy atom. The first-order chi connectivity index (χ1) is 8.84. The Kier molecular flexibility index (Phi) is 3.62. The minimum Gasteiger partial charge on any atom is -0.297 e. The minimum absolute atomic E-state index is 0.262. The van der Waals surface area contributed by atoms with Gasteiger partial charge in [-0.15, -0.1) is 10.2 Å². The molecule has 0 unspecified atom stereocenters. The standard InChI is InChI=1S/C11H13ClN4O2S/c1-3-16-10(14-15-11(16)19(13,17)18)8-5-4-7(2)6-9(8)12/h4-6H,3H2,1-2H3,(H2,13,17,18). The second-order valence-corrected chi connectivity index (χ2v) is 5.94. The third kappa shape index (κ3) is 2.63. The summed E-state index contributed by atoms with van der Waals surface area (Å²) >= 11 is 6.15. The molecule has 1 aromatic heterocycles. The molecule has 8 heteroatoms. The van der Waals surface area contributed by atoms with Crippen LogP contribution in [0.5, 0.6) is 0 Å². The van der Waals surface area contributed by atoms with Crippen LogP contribution >= 0.6 is 11.6 Å². The van der Waals surface area contributed by atoms with E-state index in [4.69, 9.17) is 16.7 Å². The Morgan fingerprint density at radius 2 is 2.05 bits per heavy atom. The van der Waals surface area contributed by atoms with Crippen molar-refractivity contribution in [2.45, 2.75) is 25.5 Å². The lowest BCUT2D eigenvalue weighted by molar-refractivity contribution is 0.571. The van der Waals surface area contributed by atoms with Crippen molar-refractivity contribution in [1.29, 1.82) is 0 Å². The SMILES string of the molecule is CCn1c(-c2ccc(C)cc2Cl)nnc1S(N)(=O)=O. The Morgan fingerprint density at radius 1 is 1.37 bits per heavy atom. The van der Waals surface area contributed by atoms with Gasteiger partial charge in [-0.05, 0) is 31.5 Å². The highest BCUT2D eigenvalue weighted by molar-refractivity contribution is 7.89. The van der Waals surface area contributed by atoms with Crippen molar-refractivity contribution >= 4 is 21.6 Å². The zero-order chi connectivity index (χ0) is 14.2. The number of aromatic nitrogens is 3. The quantitative estimate of drug-likeness (QED) is 0.931. The predicted molar refractivity (Wildman–Crippen MR) is 72.3 cm³/mol. The summed E-state index contributed by atoms with van der Waals surface area (Å²) in [6, 6.07) is 5.43. The molecule has 0 saturated carbocycles. The lowest BCUT2D eigenvalue weighted by Crippen LogP contribution is -2.18. The van der Waals surface area contributed by atoms with Crippen molar-refractivity contribution in [1.82, 2.24) is 14.8 Å². The summed E-state index contributed by atoms with van der Waals surface area (Å²) in [5, 5.41) is 12.9. The topological polar surface area (TPSA) is 90.9 Å². The van der Waals surface area contributed by atoms with Gasteiger partial charge in [-0.2, -0.15) is 0 Å². The fourth-order valence-corrected chi connectivity index (χ4v) is 2.78. The Hall–Kier alpha value is -1.44. The highest BCUT2D eigenvalue weighted by atomic mass is 35.5. The molecule has 6 nitrogen and oxygen atoms in total. The highest BCUT2D eigenvalue weighted by Crippen LogP contribution is 2.28. The van der Waals surface area contributed by atoms with E-state index in [2.05, 4.69) is 10.2 Å². The van der Waals surface area contributed by atoms with Crippen molar-refractivity contribution in [3.63, 3.8) is 0 Å². The summed E-state index contributed by atoms with van der Waals surface area (Å²) in [6.07, 6.45) is 0. The van der Waals surface area contributed by atoms with Gasteiger partial charge < -0.3 is 0 Å². The van der Waals surface area contributed by atoms with Crippen LogP contribution in [0.15, 0.2) is 23.4 Å². The third-order valence-electron chi connectivity index (χ3n) is 2.65. The molecule has 0 radical (unpaired) electrons. The number of halogens is 1. The molecule has 0 aliphatic rings. The van der Waals surface area contributed by atoms with Crippen molar-refractivity contribution in [2.75, 3.05) is 0 Å². The number of nitrogens with zero attached hydrogens (tertiary/aromatic N) is 3. The lowest BCUT2D eigenvalue weighted by Gasteiger charge is -2.08. The smallest absolute Gasteiger partial charge is 0.273 e. The highest BCUT2D eigenvalue weighted by Gasteiger charge is 2.22. The summed E-state index contributed by atoms with van der Waals surface area (Å²) in [5.74, 6) is 0.386. The average molecular weight is 301 g/mol. The van der Waals surface area contributed by atoms with Gasteiger partial charge in [0.2, 0.25) is 0 Å². The van der Waals surface area contributed by atoms with E-state index in [-0.39, 0.29) is 5.16 Å². The molecule has 0 saturated heterocycles. The number of sulfonamides is 1. The van der Waals surface area contributed by atoms with Gasteiger partial charge in [-0.25, -0.2) is 13.6 Å². The third-order valence-corrected chi connectivity index (χ3v) is 3.78. The number of hydrogen-bond donors (Lipinski definition) is 1. The van der Waals surface area contributed by atoms with Gasteiger partial charge in [-0.1, -0.05) is 17.7 Å². The normalized spacial score (nSPS) is 11.8. The Labute approximate surface area is 116 Å². The van der Waals surface area contributed by atoms with Crippen LogP contribution in [0.3, 0.4) is 0 Å². The number of primary sulfonamides is 1. The molecule has 0 fully saturated rings. The van der Waals surface area contributed by atoms with E-state index < -0.39 is 10.0 Å². The van der Waals surface area contributed by atoms with Crippen LogP contribution in [0.2, 0.25) is 5.02 Å². The molecule has 19 heavy (non-hydrogen) atoms. The maximum absolute atomic E-state index is 11.4. The first kappa shape index (κ1) is 14.0. The van der Waals surface area contributed by atoms with Gasteiger partial charge in [0.25, 0.3) is 15.2 Å². The van der Waals surface area contributed by atoms with Crippen LogP contribution in [0.25, 0.3) is 11.4 Å². The lowest BCUT2D eigenvalue weighted by atomic mass is 10.1. The zero-order valence-electron chi connectivity index (χ0n) is 10.5. The fraction of sp³-hybridized carbons (Fsp3) is 0.273. The van der Waals surface area contributed by atoms with Crippen LogP contribution in [-0.4, -0.2) is 23.2 Å². The van der Waals surface area contributed by atoms with Crippen LogP contribution in [-0.2, 0) is 16.6 Å². The van der Waals surface area contributed by atoms with Crippen LogP contribution in [0, 0.1) is 6.92 Å². The molecule has 1 aromatic carbocycles. The molecule has 0 aliphatic carbocycles. The largest absolute Gasteiger partial charge is 0.297 e. The monoisotopic (exact) mass is 300 g/mol. The molecule has 0 aliphatic heterocycles. The van der Waals surface area contributed by atoms with Crippen molar-refractivity contribution < 1.29 is 8.42 Å². The number of rotatable bonds is 3. The molecule has 2 rings (SSSR count). The van der Waals surface area contributed by atoms with Gasteiger partial charge in [0.1, 0.15) is 0 Å². The van der Waals surface area contributed by atoms with Gasteiger partial charge in [0.15, 0.2) is 5.82 Å². The molecular formula is C11H13ClN4O2S. The van der Waals surface area contributed by atoms with E-state index in [9.17, 15) is 8.42 Å². The van der Waals surface area contributed by atoms with Crippen LogP contribution in [0.4, 0.5) is 0 Å². The Balaban J connectivity index is 2.67. The second-order valence-electron chi connectivity index (χ2n) is 4.08. The Bertz CT molecular complexity index is 724. The number of hydrogen-bond acceptors (Lipinski definition) is 4. The van der Waals surface area contributed by atoms with Crippen LogP contribution < -0.4 is 5.14 Å². The molecule has 0 atom stereocenters. The minimum atomic E-state index is -3.91. The maximum atomic E-state index is 11.4.